The second-order valence-corrected chi connectivity index (χ2v) is 7.03. The van der Waals surface area contributed by atoms with Gasteiger partial charge in [-0.05, 0) is 43.9 Å². The van der Waals surface area contributed by atoms with Gasteiger partial charge in [-0.3, -0.25) is 9.36 Å². The summed E-state index contributed by atoms with van der Waals surface area (Å²) < 4.78 is 20.7. The van der Waals surface area contributed by atoms with Gasteiger partial charge in [0, 0.05) is 24.7 Å². The van der Waals surface area contributed by atoms with Crippen LogP contribution in [0.5, 0.6) is 11.5 Å². The summed E-state index contributed by atoms with van der Waals surface area (Å²) in [6.07, 6.45) is 4.56. The number of fused-ring (bicyclic) bond motifs is 1. The number of ether oxygens (including phenoxy) is 1. The summed E-state index contributed by atoms with van der Waals surface area (Å²) in [5, 5.41) is 13.5. The number of aliphatic hydroxyl groups excluding tert-OH is 1. The molecule has 0 spiro atoms. The van der Waals surface area contributed by atoms with E-state index in [0.717, 1.165) is 25.7 Å². The summed E-state index contributed by atoms with van der Waals surface area (Å²) in [5.41, 5.74) is 0.0421. The van der Waals surface area contributed by atoms with Crippen molar-refractivity contribution in [3.63, 3.8) is 0 Å². The predicted octanol–water partition coefficient (Wildman–Crippen LogP) is 2.98. The Hall–Kier alpha value is -3.00. The van der Waals surface area contributed by atoms with E-state index in [2.05, 4.69) is 15.3 Å². The van der Waals surface area contributed by atoms with Crippen LogP contribution in [0.2, 0.25) is 0 Å². The van der Waals surface area contributed by atoms with Crippen LogP contribution in [0.15, 0.2) is 41.3 Å². The Morgan fingerprint density at radius 3 is 2.71 bits per heavy atom. The van der Waals surface area contributed by atoms with Gasteiger partial charge in [-0.1, -0.05) is 12.1 Å². The molecule has 3 aromatic rings. The molecule has 1 aliphatic rings. The Kier molecular flexibility index (Phi) is 4.95. The monoisotopic (exact) mass is 384 g/mol. The van der Waals surface area contributed by atoms with Crippen molar-refractivity contribution in [1.82, 2.24) is 14.5 Å². The first-order valence-electron chi connectivity index (χ1n) is 9.25. The third-order valence-electron chi connectivity index (χ3n) is 5.00. The van der Waals surface area contributed by atoms with Crippen molar-refractivity contribution < 1.29 is 14.2 Å². The van der Waals surface area contributed by atoms with Gasteiger partial charge in [-0.2, -0.15) is 4.98 Å². The molecule has 1 aliphatic carbocycles. The zero-order valence-electron chi connectivity index (χ0n) is 15.4. The number of aryl methyl sites for hydroxylation is 1. The largest absolute Gasteiger partial charge is 0.448 e. The lowest BCUT2D eigenvalue weighted by Crippen LogP contribution is -2.29. The Morgan fingerprint density at radius 1 is 1.21 bits per heavy atom. The minimum atomic E-state index is -0.543. The van der Waals surface area contributed by atoms with E-state index in [0.29, 0.717) is 17.0 Å². The lowest BCUT2D eigenvalue weighted by molar-refractivity contribution is 0.126. The molecule has 2 aromatic heterocycles. The van der Waals surface area contributed by atoms with E-state index >= 15 is 0 Å². The molecule has 0 unspecified atom stereocenters. The van der Waals surface area contributed by atoms with Gasteiger partial charge in [-0.25, -0.2) is 9.37 Å². The molecular weight excluding hydrogens is 363 g/mol. The van der Waals surface area contributed by atoms with Gasteiger partial charge in [0.1, 0.15) is 5.65 Å². The third-order valence-corrected chi connectivity index (χ3v) is 5.00. The molecule has 146 valence electrons. The number of halogens is 1. The van der Waals surface area contributed by atoms with Crippen molar-refractivity contribution in [3.8, 4) is 11.5 Å². The van der Waals surface area contributed by atoms with Crippen LogP contribution in [0.25, 0.3) is 11.0 Å². The fourth-order valence-electron chi connectivity index (χ4n) is 3.41. The summed E-state index contributed by atoms with van der Waals surface area (Å²) in [7, 11) is 1.59. The molecular formula is C20H21FN4O3. The van der Waals surface area contributed by atoms with E-state index in [1.165, 1.54) is 22.8 Å². The zero-order chi connectivity index (χ0) is 19.7. The molecule has 0 atom stereocenters. The molecule has 1 aromatic carbocycles. The highest BCUT2D eigenvalue weighted by Crippen LogP contribution is 2.25. The number of pyridine rings is 1. The Bertz CT molecular complexity index is 1060. The smallest absolute Gasteiger partial charge is 0.294 e. The van der Waals surface area contributed by atoms with E-state index < -0.39 is 11.4 Å². The molecule has 4 rings (SSSR count). The number of anilines is 1. The highest BCUT2D eigenvalue weighted by Gasteiger charge is 2.20. The first-order chi connectivity index (χ1) is 13.5. The number of aromatic nitrogens is 3. The SMILES string of the molecule is Cn1c(=O)c(Oc2ccccc2F)cc2cnc(NC3CCC(O)CC3)nc21. The van der Waals surface area contributed by atoms with Gasteiger partial charge in [0.2, 0.25) is 5.95 Å². The molecule has 7 nitrogen and oxygen atoms in total. The maximum Gasteiger partial charge on any atom is 0.294 e. The fourth-order valence-corrected chi connectivity index (χ4v) is 3.41. The van der Waals surface area contributed by atoms with Gasteiger partial charge in [-0.15, -0.1) is 0 Å². The maximum absolute atomic E-state index is 13.8. The standard InChI is InChI=1S/C20H21FN4O3/c1-25-18-12(10-17(19(25)27)28-16-5-3-2-4-15(16)21)11-22-20(24-18)23-13-6-8-14(26)9-7-13/h2-5,10-11,13-14,26H,6-9H2,1H3,(H,22,23,24). The van der Waals surface area contributed by atoms with Crippen LogP contribution in [-0.4, -0.2) is 31.8 Å². The first kappa shape index (κ1) is 18.4. The second kappa shape index (κ2) is 7.55. The highest BCUT2D eigenvalue weighted by atomic mass is 19.1. The number of aliphatic hydroxyl groups is 1. The van der Waals surface area contributed by atoms with Crippen LogP contribution in [0, 0.1) is 5.82 Å². The molecule has 1 fully saturated rings. The minimum Gasteiger partial charge on any atom is -0.448 e. The summed E-state index contributed by atoms with van der Waals surface area (Å²) in [5.74, 6) is -0.118. The Morgan fingerprint density at radius 2 is 1.96 bits per heavy atom. The molecule has 2 N–H and O–H groups in total. The molecule has 2 heterocycles. The average Bonchev–Trinajstić information content (AvgIpc) is 2.70. The predicted molar refractivity (Wildman–Crippen MR) is 103 cm³/mol. The molecule has 8 heteroatoms. The number of nitrogens with one attached hydrogen (secondary N) is 1. The van der Waals surface area contributed by atoms with Crippen molar-refractivity contribution in [3.05, 3.63) is 52.7 Å². The highest BCUT2D eigenvalue weighted by molar-refractivity contribution is 5.76. The molecule has 0 radical (unpaired) electrons. The molecule has 0 saturated heterocycles. The zero-order valence-corrected chi connectivity index (χ0v) is 15.4. The van der Waals surface area contributed by atoms with Crippen LogP contribution >= 0.6 is 0 Å². The lowest BCUT2D eigenvalue weighted by Gasteiger charge is -2.26. The molecule has 0 amide bonds. The van der Waals surface area contributed by atoms with E-state index in [1.54, 1.807) is 25.4 Å². The van der Waals surface area contributed by atoms with Crippen molar-refractivity contribution in [1.29, 1.82) is 0 Å². The van der Waals surface area contributed by atoms with E-state index in [-0.39, 0.29) is 23.6 Å². The van der Waals surface area contributed by atoms with E-state index in [9.17, 15) is 14.3 Å². The fraction of sp³-hybridized carbons (Fsp3) is 0.350. The van der Waals surface area contributed by atoms with Crippen LogP contribution in [0.1, 0.15) is 25.7 Å². The molecule has 28 heavy (non-hydrogen) atoms. The summed E-state index contributed by atoms with van der Waals surface area (Å²) in [6.45, 7) is 0. The van der Waals surface area contributed by atoms with Crippen molar-refractivity contribution in [2.45, 2.75) is 37.8 Å². The van der Waals surface area contributed by atoms with Gasteiger partial charge >= 0.3 is 0 Å². The summed E-state index contributed by atoms with van der Waals surface area (Å²) in [4.78, 5) is 21.4. The van der Waals surface area contributed by atoms with Crippen molar-refractivity contribution in [2.75, 3.05) is 5.32 Å². The van der Waals surface area contributed by atoms with E-state index in [1.807, 2.05) is 0 Å². The molecule has 0 aliphatic heterocycles. The Labute approximate surface area is 160 Å². The number of hydrogen-bond acceptors (Lipinski definition) is 6. The number of hydrogen-bond donors (Lipinski definition) is 2. The van der Waals surface area contributed by atoms with Gasteiger partial charge in [0.25, 0.3) is 5.56 Å². The van der Waals surface area contributed by atoms with Gasteiger partial charge in [0.15, 0.2) is 17.3 Å². The summed E-state index contributed by atoms with van der Waals surface area (Å²) >= 11 is 0. The maximum atomic E-state index is 13.8. The van der Waals surface area contributed by atoms with Crippen LogP contribution in [-0.2, 0) is 7.05 Å². The Balaban J connectivity index is 1.63. The second-order valence-electron chi connectivity index (χ2n) is 7.03. The average molecular weight is 384 g/mol. The van der Waals surface area contributed by atoms with Gasteiger partial charge < -0.3 is 15.2 Å². The summed E-state index contributed by atoms with van der Waals surface area (Å²) in [6, 6.07) is 7.63. The van der Waals surface area contributed by atoms with Crippen LogP contribution in [0.3, 0.4) is 0 Å². The van der Waals surface area contributed by atoms with Crippen LogP contribution < -0.4 is 15.6 Å². The van der Waals surface area contributed by atoms with Crippen molar-refractivity contribution in [2.24, 2.45) is 7.05 Å². The quantitative estimate of drug-likeness (QED) is 0.719. The van der Waals surface area contributed by atoms with Crippen molar-refractivity contribution >= 4 is 17.0 Å². The number of nitrogens with zero attached hydrogens (tertiary/aromatic N) is 3. The number of para-hydroxylation sites is 1. The normalized spacial score (nSPS) is 19.5. The molecule has 1 saturated carbocycles. The topological polar surface area (TPSA) is 89.3 Å². The molecule has 0 bridgehead atoms. The lowest BCUT2D eigenvalue weighted by atomic mass is 9.93. The van der Waals surface area contributed by atoms with Crippen LogP contribution in [0.4, 0.5) is 10.3 Å². The van der Waals surface area contributed by atoms with E-state index in [4.69, 9.17) is 4.74 Å². The first-order valence-corrected chi connectivity index (χ1v) is 9.25. The minimum absolute atomic E-state index is 0.00526. The van der Waals surface area contributed by atoms with Gasteiger partial charge in [0.05, 0.1) is 6.10 Å². The third kappa shape index (κ3) is 3.68. The number of benzene rings is 1. The number of rotatable bonds is 4.